The summed E-state index contributed by atoms with van der Waals surface area (Å²) in [5, 5.41) is 11.5. The van der Waals surface area contributed by atoms with Gasteiger partial charge in [0.15, 0.2) is 0 Å². The van der Waals surface area contributed by atoms with Crippen LogP contribution in [0.3, 0.4) is 0 Å². The highest BCUT2D eigenvalue weighted by molar-refractivity contribution is 9.10. The topological polar surface area (TPSA) is 88.5 Å². The van der Waals surface area contributed by atoms with Gasteiger partial charge in [-0.2, -0.15) is 0 Å². The van der Waals surface area contributed by atoms with Gasteiger partial charge in [-0.25, -0.2) is 9.59 Å². The van der Waals surface area contributed by atoms with Gasteiger partial charge in [-0.3, -0.25) is 10.3 Å². The van der Waals surface area contributed by atoms with Crippen LogP contribution in [-0.2, 0) is 11.3 Å². The molecule has 0 aliphatic rings. The van der Waals surface area contributed by atoms with Crippen LogP contribution >= 0.6 is 15.9 Å². The standard InChI is InChI=1S/C14H11BrN2O4/c15-10-6-16-7-11(12(10)13(18)19)17-14(20)21-8-9-4-2-1-3-5-9/h1-7H,8H2,(H,17,20)(H,18,19). The lowest BCUT2D eigenvalue weighted by Crippen LogP contribution is -2.16. The molecule has 1 aromatic heterocycles. The molecule has 1 aromatic carbocycles. The van der Waals surface area contributed by atoms with Crippen molar-refractivity contribution in [3.63, 3.8) is 0 Å². The van der Waals surface area contributed by atoms with E-state index in [1.807, 2.05) is 30.3 Å². The maximum Gasteiger partial charge on any atom is 0.412 e. The predicted octanol–water partition coefficient (Wildman–Crippen LogP) is 3.29. The number of hydrogen-bond donors (Lipinski definition) is 2. The molecular formula is C14H11BrN2O4. The first-order chi connectivity index (χ1) is 10.1. The fourth-order valence-corrected chi connectivity index (χ4v) is 2.12. The number of benzene rings is 1. The minimum Gasteiger partial charge on any atom is -0.478 e. The summed E-state index contributed by atoms with van der Waals surface area (Å²) < 4.78 is 5.29. The quantitative estimate of drug-likeness (QED) is 0.882. The molecule has 2 N–H and O–H groups in total. The van der Waals surface area contributed by atoms with E-state index in [4.69, 9.17) is 9.84 Å². The number of rotatable bonds is 4. The molecule has 108 valence electrons. The number of anilines is 1. The van der Waals surface area contributed by atoms with Crippen molar-refractivity contribution in [2.75, 3.05) is 5.32 Å². The van der Waals surface area contributed by atoms with Crippen LogP contribution < -0.4 is 5.32 Å². The molecule has 21 heavy (non-hydrogen) atoms. The van der Waals surface area contributed by atoms with Crippen LogP contribution in [0.2, 0.25) is 0 Å². The summed E-state index contributed by atoms with van der Waals surface area (Å²) in [7, 11) is 0. The van der Waals surface area contributed by atoms with Crippen molar-refractivity contribution >= 4 is 33.7 Å². The average molecular weight is 351 g/mol. The van der Waals surface area contributed by atoms with E-state index in [0.29, 0.717) is 0 Å². The van der Waals surface area contributed by atoms with Gasteiger partial charge in [0.25, 0.3) is 0 Å². The molecule has 0 aliphatic carbocycles. The molecule has 0 aliphatic heterocycles. The van der Waals surface area contributed by atoms with E-state index in [9.17, 15) is 9.59 Å². The SMILES string of the molecule is O=C(Nc1cncc(Br)c1C(=O)O)OCc1ccccc1. The van der Waals surface area contributed by atoms with Gasteiger partial charge >= 0.3 is 12.1 Å². The van der Waals surface area contributed by atoms with Crippen LogP contribution in [0.4, 0.5) is 10.5 Å². The van der Waals surface area contributed by atoms with E-state index in [0.717, 1.165) is 5.56 Å². The number of ether oxygens (including phenoxy) is 1. The van der Waals surface area contributed by atoms with Gasteiger partial charge in [0.1, 0.15) is 12.2 Å². The van der Waals surface area contributed by atoms with Gasteiger partial charge < -0.3 is 9.84 Å². The summed E-state index contributed by atoms with van der Waals surface area (Å²) in [6.45, 7) is 0.0938. The third-order valence-corrected chi connectivity index (χ3v) is 3.16. The third-order valence-electron chi connectivity index (χ3n) is 2.56. The van der Waals surface area contributed by atoms with E-state index in [-0.39, 0.29) is 22.3 Å². The first-order valence-corrected chi connectivity index (χ1v) is 6.71. The normalized spacial score (nSPS) is 9.95. The van der Waals surface area contributed by atoms with E-state index in [1.165, 1.54) is 12.4 Å². The minimum atomic E-state index is -1.18. The molecule has 2 rings (SSSR count). The van der Waals surface area contributed by atoms with Gasteiger partial charge in [-0.1, -0.05) is 30.3 Å². The van der Waals surface area contributed by atoms with E-state index in [2.05, 4.69) is 26.2 Å². The second-order valence-corrected chi connectivity index (χ2v) is 4.89. The zero-order valence-electron chi connectivity index (χ0n) is 10.7. The zero-order chi connectivity index (χ0) is 15.2. The Morgan fingerprint density at radius 1 is 1.24 bits per heavy atom. The number of carboxylic acids is 1. The first kappa shape index (κ1) is 15.0. The van der Waals surface area contributed by atoms with Gasteiger partial charge in [0.2, 0.25) is 0 Å². The molecule has 1 amide bonds. The number of hydrogen-bond acceptors (Lipinski definition) is 4. The Bertz CT molecular complexity index is 661. The summed E-state index contributed by atoms with van der Waals surface area (Å²) in [6, 6.07) is 9.15. The molecule has 6 nitrogen and oxygen atoms in total. The maximum atomic E-state index is 11.7. The molecule has 0 spiro atoms. The molecule has 0 radical (unpaired) electrons. The third kappa shape index (κ3) is 4.03. The van der Waals surface area contributed by atoms with Crippen molar-refractivity contribution in [2.24, 2.45) is 0 Å². The Hall–Kier alpha value is -2.41. The summed E-state index contributed by atoms with van der Waals surface area (Å²) in [5.41, 5.74) is 0.815. The Morgan fingerprint density at radius 3 is 2.62 bits per heavy atom. The highest BCUT2D eigenvalue weighted by Crippen LogP contribution is 2.23. The van der Waals surface area contributed by atoms with Crippen molar-refractivity contribution < 1.29 is 19.4 Å². The van der Waals surface area contributed by atoms with Gasteiger partial charge in [0.05, 0.1) is 16.4 Å². The Kier molecular flexibility index (Phi) is 4.89. The molecule has 2 aromatic rings. The van der Waals surface area contributed by atoms with Crippen LogP contribution in [0.25, 0.3) is 0 Å². The first-order valence-electron chi connectivity index (χ1n) is 5.92. The number of pyridine rings is 1. The highest BCUT2D eigenvalue weighted by Gasteiger charge is 2.17. The molecule has 0 bridgehead atoms. The molecular weight excluding hydrogens is 340 g/mol. The smallest absolute Gasteiger partial charge is 0.412 e. The maximum absolute atomic E-state index is 11.7. The largest absolute Gasteiger partial charge is 0.478 e. The Labute approximate surface area is 128 Å². The fraction of sp³-hybridized carbons (Fsp3) is 0.0714. The van der Waals surface area contributed by atoms with Crippen molar-refractivity contribution in [3.8, 4) is 0 Å². The van der Waals surface area contributed by atoms with Gasteiger partial charge in [-0.15, -0.1) is 0 Å². The Balaban J connectivity index is 2.03. The molecule has 0 atom stereocenters. The minimum absolute atomic E-state index is 0.0648. The van der Waals surface area contributed by atoms with Crippen molar-refractivity contribution in [3.05, 3.63) is 58.3 Å². The van der Waals surface area contributed by atoms with Crippen LogP contribution in [0.1, 0.15) is 15.9 Å². The monoisotopic (exact) mass is 350 g/mol. The summed E-state index contributed by atoms with van der Waals surface area (Å²) in [6.07, 6.45) is 1.84. The fourth-order valence-electron chi connectivity index (χ4n) is 1.62. The molecule has 0 saturated heterocycles. The number of nitrogens with one attached hydrogen (secondary N) is 1. The lowest BCUT2D eigenvalue weighted by molar-refractivity contribution is 0.0697. The number of nitrogens with zero attached hydrogens (tertiary/aromatic N) is 1. The van der Waals surface area contributed by atoms with Gasteiger partial charge in [0, 0.05) is 6.20 Å². The van der Waals surface area contributed by atoms with Crippen LogP contribution in [0, 0.1) is 0 Å². The number of halogens is 1. The van der Waals surface area contributed by atoms with Crippen molar-refractivity contribution in [2.45, 2.75) is 6.61 Å². The average Bonchev–Trinajstić information content (AvgIpc) is 2.46. The second-order valence-electron chi connectivity index (χ2n) is 4.04. The summed E-state index contributed by atoms with van der Waals surface area (Å²) in [5.74, 6) is -1.18. The number of amides is 1. The second kappa shape index (κ2) is 6.85. The van der Waals surface area contributed by atoms with Crippen LogP contribution in [0.15, 0.2) is 47.2 Å². The van der Waals surface area contributed by atoms with Crippen molar-refractivity contribution in [1.29, 1.82) is 0 Å². The number of carbonyl (C=O) groups excluding carboxylic acids is 1. The Morgan fingerprint density at radius 2 is 1.95 bits per heavy atom. The number of aromatic nitrogens is 1. The molecule has 0 unspecified atom stereocenters. The molecule has 7 heteroatoms. The van der Waals surface area contributed by atoms with E-state index >= 15 is 0 Å². The van der Waals surface area contributed by atoms with Crippen molar-refractivity contribution in [1.82, 2.24) is 4.98 Å². The molecule has 0 saturated carbocycles. The lowest BCUT2D eigenvalue weighted by Gasteiger charge is -2.10. The van der Waals surface area contributed by atoms with E-state index in [1.54, 1.807) is 0 Å². The predicted molar refractivity (Wildman–Crippen MR) is 79.1 cm³/mol. The number of aromatic carboxylic acids is 1. The highest BCUT2D eigenvalue weighted by atomic mass is 79.9. The summed E-state index contributed by atoms with van der Waals surface area (Å²) in [4.78, 5) is 26.7. The molecule has 0 fully saturated rings. The zero-order valence-corrected chi connectivity index (χ0v) is 12.3. The number of carboxylic acid groups (broad SMARTS) is 1. The molecule has 1 heterocycles. The van der Waals surface area contributed by atoms with Gasteiger partial charge in [-0.05, 0) is 21.5 Å². The number of carbonyl (C=O) groups is 2. The van der Waals surface area contributed by atoms with E-state index < -0.39 is 12.1 Å². The van der Waals surface area contributed by atoms with Crippen LogP contribution in [-0.4, -0.2) is 22.2 Å². The summed E-state index contributed by atoms with van der Waals surface area (Å²) >= 11 is 3.08. The lowest BCUT2D eigenvalue weighted by atomic mass is 10.2. The van der Waals surface area contributed by atoms with Crippen LogP contribution in [0.5, 0.6) is 0 Å².